The van der Waals surface area contributed by atoms with Gasteiger partial charge in [-0.3, -0.25) is 0 Å². The first-order chi connectivity index (χ1) is 9.15. The van der Waals surface area contributed by atoms with Crippen LogP contribution in [0.2, 0.25) is 10.0 Å². The molecular formula is C12H12Cl2N4O. The Bertz CT molecular complexity index is 601. The fourth-order valence-electron chi connectivity index (χ4n) is 2.20. The molecular weight excluding hydrogens is 287 g/mol. The summed E-state index contributed by atoms with van der Waals surface area (Å²) in [4.78, 5) is 8.54. The summed E-state index contributed by atoms with van der Waals surface area (Å²) in [5.74, 6) is 1.74. The predicted octanol–water partition coefficient (Wildman–Crippen LogP) is 2.76. The fourth-order valence-corrected chi connectivity index (χ4v) is 2.67. The van der Waals surface area contributed by atoms with Crippen LogP contribution in [-0.4, -0.2) is 28.2 Å². The minimum absolute atomic E-state index is 0.243. The van der Waals surface area contributed by atoms with Crippen LogP contribution in [0, 0.1) is 5.92 Å². The second-order valence-corrected chi connectivity index (χ2v) is 5.53. The average molecular weight is 299 g/mol. The molecule has 0 saturated carbocycles. The highest BCUT2D eigenvalue weighted by atomic mass is 35.5. The van der Waals surface area contributed by atoms with Gasteiger partial charge in [0.1, 0.15) is 5.69 Å². The largest absolute Gasteiger partial charge is 0.339 e. The second-order valence-electron chi connectivity index (χ2n) is 4.68. The van der Waals surface area contributed by atoms with Crippen molar-refractivity contribution in [2.45, 2.75) is 12.8 Å². The molecule has 19 heavy (non-hydrogen) atoms. The van der Waals surface area contributed by atoms with Crippen molar-refractivity contribution < 1.29 is 4.52 Å². The van der Waals surface area contributed by atoms with Crippen molar-refractivity contribution in [3.8, 4) is 11.5 Å². The lowest BCUT2D eigenvalue weighted by molar-refractivity contribution is 0.340. The van der Waals surface area contributed by atoms with Gasteiger partial charge in [-0.2, -0.15) is 4.98 Å². The molecule has 2 atom stereocenters. The van der Waals surface area contributed by atoms with Crippen molar-refractivity contribution in [1.29, 1.82) is 0 Å². The summed E-state index contributed by atoms with van der Waals surface area (Å²) < 4.78 is 5.33. The molecule has 0 radical (unpaired) electrons. The van der Waals surface area contributed by atoms with E-state index in [2.05, 4.69) is 27.4 Å². The van der Waals surface area contributed by atoms with Crippen LogP contribution < -0.4 is 5.32 Å². The summed E-state index contributed by atoms with van der Waals surface area (Å²) in [6, 6.07) is 1.61. The quantitative estimate of drug-likeness (QED) is 0.923. The summed E-state index contributed by atoms with van der Waals surface area (Å²) in [6.45, 7) is 3.97. The summed E-state index contributed by atoms with van der Waals surface area (Å²) in [5.41, 5.74) is 0.486. The zero-order valence-electron chi connectivity index (χ0n) is 10.2. The van der Waals surface area contributed by atoms with Crippen molar-refractivity contribution in [2.24, 2.45) is 5.92 Å². The van der Waals surface area contributed by atoms with Crippen LogP contribution in [0.15, 0.2) is 16.8 Å². The summed E-state index contributed by atoms with van der Waals surface area (Å²) in [7, 11) is 0. The number of aromatic nitrogens is 3. The van der Waals surface area contributed by atoms with Gasteiger partial charge < -0.3 is 9.84 Å². The highest BCUT2D eigenvalue weighted by molar-refractivity contribution is 6.35. The van der Waals surface area contributed by atoms with Gasteiger partial charge in [0, 0.05) is 12.7 Å². The maximum atomic E-state index is 6.08. The van der Waals surface area contributed by atoms with Gasteiger partial charge in [-0.15, -0.1) is 0 Å². The Labute approximate surface area is 120 Å². The van der Waals surface area contributed by atoms with Crippen LogP contribution in [0.25, 0.3) is 11.5 Å². The van der Waals surface area contributed by atoms with Crippen LogP contribution in [0.3, 0.4) is 0 Å². The topological polar surface area (TPSA) is 63.8 Å². The van der Waals surface area contributed by atoms with Crippen LogP contribution in [-0.2, 0) is 0 Å². The molecule has 0 aliphatic carbocycles. The third kappa shape index (κ3) is 2.45. The lowest BCUT2D eigenvalue weighted by Crippen LogP contribution is -2.08. The van der Waals surface area contributed by atoms with Gasteiger partial charge >= 0.3 is 0 Å². The molecule has 0 spiro atoms. The van der Waals surface area contributed by atoms with Crippen LogP contribution in [0.5, 0.6) is 0 Å². The third-order valence-electron chi connectivity index (χ3n) is 3.30. The molecule has 1 saturated heterocycles. The van der Waals surface area contributed by atoms with Crippen LogP contribution >= 0.6 is 23.2 Å². The zero-order chi connectivity index (χ0) is 13.4. The van der Waals surface area contributed by atoms with Crippen LogP contribution in [0.4, 0.5) is 0 Å². The van der Waals surface area contributed by atoms with Crippen molar-refractivity contribution in [3.63, 3.8) is 0 Å². The van der Waals surface area contributed by atoms with Crippen LogP contribution in [0.1, 0.15) is 18.7 Å². The molecule has 2 aromatic heterocycles. The van der Waals surface area contributed by atoms with Gasteiger partial charge in [0.2, 0.25) is 11.7 Å². The fraction of sp³-hybridized carbons (Fsp3) is 0.417. The highest BCUT2D eigenvalue weighted by Gasteiger charge is 2.30. The molecule has 100 valence electrons. The number of halogens is 2. The number of pyridine rings is 1. The molecule has 2 aromatic rings. The molecule has 1 aliphatic heterocycles. The number of rotatable bonds is 2. The van der Waals surface area contributed by atoms with Gasteiger partial charge in [0.15, 0.2) is 0 Å². The monoisotopic (exact) mass is 298 g/mol. The second kappa shape index (κ2) is 5.07. The first-order valence-electron chi connectivity index (χ1n) is 6.01. The molecule has 0 unspecified atom stereocenters. The molecule has 7 heteroatoms. The van der Waals surface area contributed by atoms with E-state index >= 15 is 0 Å². The molecule has 1 N–H and O–H groups in total. The molecule has 1 aliphatic rings. The van der Waals surface area contributed by atoms with E-state index in [1.165, 1.54) is 6.20 Å². The Morgan fingerprint density at radius 3 is 2.89 bits per heavy atom. The number of hydrogen-bond donors (Lipinski definition) is 1. The Hall–Kier alpha value is -1.17. The van der Waals surface area contributed by atoms with E-state index in [4.69, 9.17) is 27.7 Å². The van der Waals surface area contributed by atoms with Gasteiger partial charge in [-0.25, -0.2) is 4.98 Å². The zero-order valence-corrected chi connectivity index (χ0v) is 11.7. The van der Waals surface area contributed by atoms with E-state index in [1.807, 2.05) is 0 Å². The Balaban J connectivity index is 1.92. The van der Waals surface area contributed by atoms with Crippen molar-refractivity contribution >= 4 is 23.2 Å². The maximum absolute atomic E-state index is 6.08. The molecule has 3 rings (SSSR count). The first-order valence-corrected chi connectivity index (χ1v) is 6.76. The minimum Gasteiger partial charge on any atom is -0.339 e. The molecule has 0 aromatic carbocycles. The Morgan fingerprint density at radius 1 is 1.37 bits per heavy atom. The molecule has 0 amide bonds. The molecule has 3 heterocycles. The van der Waals surface area contributed by atoms with Gasteiger partial charge in [0.05, 0.1) is 16.0 Å². The van der Waals surface area contributed by atoms with Crippen molar-refractivity contribution in [2.75, 3.05) is 13.1 Å². The summed E-state index contributed by atoms with van der Waals surface area (Å²) >= 11 is 11.9. The minimum atomic E-state index is 0.243. The van der Waals surface area contributed by atoms with E-state index in [0.717, 1.165) is 13.1 Å². The summed E-state index contributed by atoms with van der Waals surface area (Å²) in [6.07, 6.45) is 1.51. The summed E-state index contributed by atoms with van der Waals surface area (Å²) in [5, 5.41) is 8.15. The predicted molar refractivity (Wildman–Crippen MR) is 72.3 cm³/mol. The number of nitrogens with zero attached hydrogens (tertiary/aromatic N) is 3. The Morgan fingerprint density at radius 2 is 2.21 bits per heavy atom. The van der Waals surface area contributed by atoms with E-state index in [1.54, 1.807) is 6.07 Å². The standard InChI is InChI=1S/C12H12Cl2N4O/c1-6-3-15-5-8(6)12-17-11(18-19-12)10-9(14)2-7(13)4-16-10/h2,4,6,8,15H,3,5H2,1H3/t6-,8-/m1/s1. The number of nitrogens with one attached hydrogen (secondary N) is 1. The van der Waals surface area contributed by atoms with Gasteiger partial charge in [-0.1, -0.05) is 35.3 Å². The Kier molecular flexibility index (Phi) is 3.43. The third-order valence-corrected chi connectivity index (χ3v) is 3.79. The van der Waals surface area contributed by atoms with E-state index in [-0.39, 0.29) is 5.92 Å². The molecule has 0 bridgehead atoms. The SMILES string of the molecule is C[C@@H]1CNC[C@H]1c1nc(-c2ncc(Cl)cc2Cl)no1. The lowest BCUT2D eigenvalue weighted by Gasteiger charge is -2.07. The number of hydrogen-bond acceptors (Lipinski definition) is 5. The molecule has 5 nitrogen and oxygen atoms in total. The first kappa shape index (κ1) is 12.8. The average Bonchev–Trinajstić information content (AvgIpc) is 2.97. The van der Waals surface area contributed by atoms with E-state index in [0.29, 0.717) is 33.4 Å². The highest BCUT2D eigenvalue weighted by Crippen LogP contribution is 2.30. The lowest BCUT2D eigenvalue weighted by atomic mass is 9.98. The van der Waals surface area contributed by atoms with E-state index in [9.17, 15) is 0 Å². The van der Waals surface area contributed by atoms with Crippen molar-refractivity contribution in [3.05, 3.63) is 28.2 Å². The van der Waals surface area contributed by atoms with Crippen molar-refractivity contribution in [1.82, 2.24) is 20.4 Å². The smallest absolute Gasteiger partial charge is 0.231 e. The van der Waals surface area contributed by atoms with Gasteiger partial charge in [-0.05, 0) is 18.5 Å². The van der Waals surface area contributed by atoms with Gasteiger partial charge in [0.25, 0.3) is 0 Å². The normalized spacial score (nSPS) is 22.9. The van der Waals surface area contributed by atoms with E-state index < -0.39 is 0 Å². The maximum Gasteiger partial charge on any atom is 0.231 e. The molecule has 1 fully saturated rings.